The van der Waals surface area contributed by atoms with Crippen molar-refractivity contribution in [3.63, 3.8) is 0 Å². The summed E-state index contributed by atoms with van der Waals surface area (Å²) in [6.07, 6.45) is 3.82. The van der Waals surface area contributed by atoms with Crippen molar-refractivity contribution in [2.75, 3.05) is 31.0 Å². The fourth-order valence-electron chi connectivity index (χ4n) is 4.69. The minimum Gasteiger partial charge on any atom is -0.495 e. The van der Waals surface area contributed by atoms with Crippen LogP contribution < -0.4 is 20.3 Å². The van der Waals surface area contributed by atoms with Gasteiger partial charge in [-0.2, -0.15) is 0 Å². The highest BCUT2D eigenvalue weighted by molar-refractivity contribution is 9.10. The highest BCUT2D eigenvalue weighted by atomic mass is 79.9. The van der Waals surface area contributed by atoms with E-state index in [9.17, 15) is 4.79 Å². The molecule has 3 heterocycles. The van der Waals surface area contributed by atoms with Gasteiger partial charge < -0.3 is 29.6 Å². The number of carbonyl (C=O) groups is 1. The average molecular weight is 593 g/mol. The Morgan fingerprint density at radius 3 is 2.68 bits per heavy atom. The molecule has 1 amide bonds. The first-order valence-electron chi connectivity index (χ1n) is 11.9. The molecule has 194 valence electrons. The Morgan fingerprint density at radius 2 is 1.95 bits per heavy atom. The number of anilines is 2. The molecule has 2 atom stereocenters. The molecule has 1 aliphatic heterocycles. The first-order valence-corrected chi connectivity index (χ1v) is 13.1. The zero-order valence-corrected chi connectivity index (χ0v) is 23.2. The largest absolute Gasteiger partial charge is 0.495 e. The molecule has 0 unspecified atom stereocenters. The van der Waals surface area contributed by atoms with Crippen molar-refractivity contribution in [1.82, 2.24) is 14.9 Å². The number of hydrogen-bond donors (Lipinski definition) is 2. The van der Waals surface area contributed by atoms with Gasteiger partial charge in [-0.25, -0.2) is 0 Å². The molecule has 2 aromatic carbocycles. The lowest BCUT2D eigenvalue weighted by Gasteiger charge is -2.29. The summed E-state index contributed by atoms with van der Waals surface area (Å²) in [6.45, 7) is -0.0679. The number of thiocarbonyl (C=S) groups is 1. The van der Waals surface area contributed by atoms with Crippen LogP contribution in [-0.4, -0.2) is 41.4 Å². The molecule has 2 N–H and O–H groups in total. The van der Waals surface area contributed by atoms with Crippen LogP contribution >= 0.6 is 28.1 Å². The summed E-state index contributed by atoms with van der Waals surface area (Å²) in [6, 6.07) is 23.2. The molecule has 38 heavy (non-hydrogen) atoms. The summed E-state index contributed by atoms with van der Waals surface area (Å²) in [4.78, 5) is 19.0. The zero-order chi connectivity index (χ0) is 26.6. The predicted octanol–water partition coefficient (Wildman–Crippen LogP) is 5.41. The van der Waals surface area contributed by atoms with Gasteiger partial charge in [0.2, 0.25) is 5.91 Å². The van der Waals surface area contributed by atoms with Crippen LogP contribution in [-0.2, 0) is 9.53 Å². The summed E-state index contributed by atoms with van der Waals surface area (Å²) < 4.78 is 13.6. The standard InChI is InChI=1S/C28H26BrN5O3S/c1-36-17-25(35)31-22-16-20(11-12-24(22)37-2)34-27(26(32-28(34)38)21-9-3-4-13-30-21)23-10-6-14-33(23)19-8-5-7-18(29)15-19/h3-16,26-27H,17H2,1-2H3,(H,31,35)(H,32,38)/t26-,27+/m1/s1. The molecule has 8 nitrogen and oxygen atoms in total. The van der Waals surface area contributed by atoms with Crippen LogP contribution in [0.4, 0.5) is 11.4 Å². The van der Waals surface area contributed by atoms with Gasteiger partial charge in [0, 0.05) is 41.0 Å². The van der Waals surface area contributed by atoms with Crippen LogP contribution in [0, 0.1) is 0 Å². The van der Waals surface area contributed by atoms with Gasteiger partial charge in [-0.15, -0.1) is 0 Å². The van der Waals surface area contributed by atoms with E-state index in [2.05, 4.69) is 59.2 Å². The molecule has 0 saturated carbocycles. The van der Waals surface area contributed by atoms with Crippen LogP contribution in [0.2, 0.25) is 0 Å². The van der Waals surface area contributed by atoms with E-state index >= 15 is 0 Å². The highest BCUT2D eigenvalue weighted by Crippen LogP contribution is 2.43. The molecule has 0 bridgehead atoms. The van der Waals surface area contributed by atoms with Crippen molar-refractivity contribution >= 4 is 50.5 Å². The molecule has 5 rings (SSSR count). The number of amides is 1. The number of nitrogens with zero attached hydrogens (tertiary/aromatic N) is 3. The summed E-state index contributed by atoms with van der Waals surface area (Å²) in [7, 11) is 3.04. The molecule has 0 aliphatic carbocycles. The first-order chi connectivity index (χ1) is 18.5. The highest BCUT2D eigenvalue weighted by Gasteiger charge is 2.42. The molecular formula is C28H26BrN5O3S. The Morgan fingerprint density at radius 1 is 1.08 bits per heavy atom. The van der Waals surface area contributed by atoms with Gasteiger partial charge in [0.15, 0.2) is 5.11 Å². The third kappa shape index (κ3) is 5.15. The number of halogens is 1. The fourth-order valence-corrected chi connectivity index (χ4v) is 5.42. The summed E-state index contributed by atoms with van der Waals surface area (Å²) in [5.74, 6) is 0.253. The number of rotatable bonds is 8. The maximum Gasteiger partial charge on any atom is 0.250 e. The topological polar surface area (TPSA) is 80.7 Å². The van der Waals surface area contributed by atoms with E-state index in [0.29, 0.717) is 16.5 Å². The van der Waals surface area contributed by atoms with Crippen LogP contribution in [0.5, 0.6) is 5.75 Å². The lowest BCUT2D eigenvalue weighted by atomic mass is 10.0. The summed E-state index contributed by atoms with van der Waals surface area (Å²) in [5, 5.41) is 6.91. The average Bonchev–Trinajstić information content (AvgIpc) is 3.53. The Bertz CT molecular complexity index is 1460. The Hall–Kier alpha value is -3.73. The quantitative estimate of drug-likeness (QED) is 0.265. The molecule has 2 aromatic heterocycles. The summed E-state index contributed by atoms with van der Waals surface area (Å²) in [5.41, 5.74) is 4.22. The molecule has 1 fully saturated rings. The molecule has 1 saturated heterocycles. The third-order valence-electron chi connectivity index (χ3n) is 6.28. The number of hydrogen-bond acceptors (Lipinski definition) is 5. The first kappa shape index (κ1) is 25.9. The number of ether oxygens (including phenoxy) is 2. The molecule has 10 heteroatoms. The van der Waals surface area contributed by atoms with Crippen molar-refractivity contribution in [3.05, 3.63) is 101 Å². The summed E-state index contributed by atoms with van der Waals surface area (Å²) >= 11 is 9.49. The minimum absolute atomic E-state index is 0.0679. The van der Waals surface area contributed by atoms with E-state index in [1.54, 1.807) is 13.3 Å². The monoisotopic (exact) mass is 591 g/mol. The Labute approximate surface area is 234 Å². The van der Waals surface area contributed by atoms with Crippen LogP contribution in [0.1, 0.15) is 23.5 Å². The number of pyridine rings is 1. The number of aromatic nitrogens is 2. The van der Waals surface area contributed by atoms with Crippen LogP contribution in [0.15, 0.2) is 89.7 Å². The number of carbonyl (C=O) groups excluding carboxylic acids is 1. The fraction of sp³-hybridized carbons (Fsp3) is 0.179. The molecule has 1 aliphatic rings. The second-order valence-corrected chi connectivity index (χ2v) is 9.95. The lowest BCUT2D eigenvalue weighted by molar-refractivity contribution is -0.119. The molecule has 0 radical (unpaired) electrons. The zero-order valence-electron chi connectivity index (χ0n) is 20.8. The van der Waals surface area contributed by atoms with Gasteiger partial charge in [-0.3, -0.25) is 9.78 Å². The van der Waals surface area contributed by atoms with Gasteiger partial charge in [0.1, 0.15) is 18.4 Å². The van der Waals surface area contributed by atoms with Crippen molar-refractivity contribution in [1.29, 1.82) is 0 Å². The van der Waals surface area contributed by atoms with Gasteiger partial charge in [0.25, 0.3) is 0 Å². The Kier molecular flexibility index (Phi) is 7.73. The van der Waals surface area contributed by atoms with Crippen molar-refractivity contribution in [2.45, 2.75) is 12.1 Å². The minimum atomic E-state index is -0.281. The van der Waals surface area contributed by atoms with E-state index < -0.39 is 0 Å². The maximum absolute atomic E-state index is 12.3. The molecule has 0 spiro atoms. The van der Waals surface area contributed by atoms with E-state index in [0.717, 1.165) is 27.2 Å². The van der Waals surface area contributed by atoms with Crippen molar-refractivity contribution in [3.8, 4) is 11.4 Å². The SMILES string of the molecule is COCC(=O)Nc1cc(N2C(=S)N[C@H](c3ccccn3)[C@@H]2c2cccn2-c2cccc(Br)c2)ccc1OC. The smallest absolute Gasteiger partial charge is 0.250 e. The van der Waals surface area contributed by atoms with E-state index in [1.807, 2.05) is 60.8 Å². The number of nitrogens with one attached hydrogen (secondary N) is 2. The Balaban J connectivity index is 1.63. The predicted molar refractivity (Wildman–Crippen MR) is 155 cm³/mol. The van der Waals surface area contributed by atoms with Crippen molar-refractivity contribution < 1.29 is 14.3 Å². The van der Waals surface area contributed by atoms with Crippen molar-refractivity contribution in [2.24, 2.45) is 0 Å². The van der Waals surface area contributed by atoms with E-state index in [-0.39, 0.29) is 24.6 Å². The lowest BCUT2D eigenvalue weighted by Crippen LogP contribution is -2.30. The normalized spacial score (nSPS) is 16.8. The second kappa shape index (κ2) is 11.3. The van der Waals surface area contributed by atoms with Gasteiger partial charge in [-0.05, 0) is 72.9 Å². The number of methoxy groups -OCH3 is 2. The van der Waals surface area contributed by atoms with Gasteiger partial charge in [-0.1, -0.05) is 28.1 Å². The third-order valence-corrected chi connectivity index (χ3v) is 7.09. The maximum atomic E-state index is 12.3. The van der Waals surface area contributed by atoms with Crippen LogP contribution in [0.3, 0.4) is 0 Å². The number of benzene rings is 2. The van der Waals surface area contributed by atoms with E-state index in [4.69, 9.17) is 21.7 Å². The van der Waals surface area contributed by atoms with Gasteiger partial charge in [0.05, 0.1) is 24.5 Å². The van der Waals surface area contributed by atoms with E-state index in [1.165, 1.54) is 7.11 Å². The molecular weight excluding hydrogens is 566 g/mol. The van der Waals surface area contributed by atoms with Gasteiger partial charge >= 0.3 is 0 Å². The molecule has 4 aromatic rings. The van der Waals surface area contributed by atoms with Crippen LogP contribution in [0.25, 0.3) is 5.69 Å². The second-order valence-electron chi connectivity index (χ2n) is 8.65.